The first-order valence-corrected chi connectivity index (χ1v) is 13.1. The van der Waals surface area contributed by atoms with Crippen LogP contribution in [0.15, 0.2) is 31.0 Å². The Kier molecular flexibility index (Phi) is 7.13. The molecule has 1 heterocycles. The molecule has 10 nitrogen and oxygen atoms in total. The number of benzene rings is 1. The maximum absolute atomic E-state index is 12.2. The minimum atomic E-state index is -0.312. The second-order valence-corrected chi connectivity index (χ2v) is 10.9. The van der Waals surface area contributed by atoms with E-state index in [1.54, 1.807) is 19.4 Å². The van der Waals surface area contributed by atoms with Crippen molar-refractivity contribution >= 4 is 34.7 Å². The van der Waals surface area contributed by atoms with Gasteiger partial charge in [0.2, 0.25) is 11.9 Å². The molecule has 5 unspecified atom stereocenters. The number of amides is 1. The van der Waals surface area contributed by atoms with Gasteiger partial charge >= 0.3 is 0 Å². The van der Waals surface area contributed by atoms with Crippen LogP contribution in [0, 0.1) is 35.0 Å². The maximum atomic E-state index is 12.2. The molecule has 2 bridgehead atoms. The van der Waals surface area contributed by atoms with Crippen LogP contribution in [0.5, 0.6) is 5.75 Å². The molecule has 0 spiro atoms. The molecule has 5 rings (SSSR count). The van der Waals surface area contributed by atoms with Crippen molar-refractivity contribution in [2.75, 3.05) is 62.2 Å². The van der Waals surface area contributed by atoms with Crippen LogP contribution in [0.2, 0.25) is 0 Å². The summed E-state index contributed by atoms with van der Waals surface area (Å²) < 4.78 is 5.70. The number of methoxy groups -OCH3 is 1. The first kappa shape index (κ1) is 25.8. The number of fused-ring (bicyclic) bond motifs is 5. The number of anilines is 5. The van der Waals surface area contributed by atoms with Crippen LogP contribution in [0.3, 0.4) is 0 Å². The van der Waals surface area contributed by atoms with Crippen molar-refractivity contribution < 1.29 is 9.53 Å². The third-order valence-electron chi connectivity index (χ3n) is 8.23. The summed E-state index contributed by atoms with van der Waals surface area (Å²) in [5.41, 5.74) is 2.43. The molecule has 1 amide bonds. The lowest BCUT2D eigenvalue weighted by Crippen LogP contribution is -2.29. The van der Waals surface area contributed by atoms with Crippen molar-refractivity contribution in [1.29, 1.82) is 5.26 Å². The van der Waals surface area contributed by atoms with Gasteiger partial charge in [0.25, 0.3) is 0 Å². The van der Waals surface area contributed by atoms with Crippen molar-refractivity contribution in [3.63, 3.8) is 0 Å². The number of nitriles is 1. The molecule has 1 aromatic heterocycles. The summed E-state index contributed by atoms with van der Waals surface area (Å²) in [5.74, 6) is 4.43. The highest BCUT2D eigenvalue weighted by Gasteiger charge is 2.61. The summed E-state index contributed by atoms with van der Waals surface area (Å²) in [6.45, 7) is 5.17. The Morgan fingerprint density at radius 2 is 2.00 bits per heavy atom. The van der Waals surface area contributed by atoms with Gasteiger partial charge in [0.05, 0.1) is 30.4 Å². The molecule has 3 N–H and O–H groups in total. The van der Waals surface area contributed by atoms with Gasteiger partial charge in [-0.2, -0.15) is 10.2 Å². The standard InChI is InChI=1S/C28H36N8O2/c1-6-26(37)31-22-12-23(25(38-5)13-24(22)36(4)8-7-35(2)3)33-28-30-15-17(14-29)27(34-28)32-21-10-16-9-20(21)19-11-18(16)19/h6,12-13,15-16,18-21H,1,7-11H2,2-5H3,(H,31,37)(H2,30,32,33,34). The number of likely N-dealkylation sites (N-methyl/N-ethyl adjacent to an activating group) is 2. The lowest BCUT2D eigenvalue weighted by Gasteiger charge is -2.26. The molecule has 0 radical (unpaired) electrons. The summed E-state index contributed by atoms with van der Waals surface area (Å²) in [6, 6.07) is 6.25. The molecule has 3 saturated carbocycles. The van der Waals surface area contributed by atoms with Crippen LogP contribution in [0.4, 0.5) is 28.8 Å². The topological polar surface area (TPSA) is 118 Å². The Balaban J connectivity index is 1.41. The van der Waals surface area contributed by atoms with Crippen LogP contribution in [-0.4, -0.2) is 68.2 Å². The molecule has 200 valence electrons. The number of aromatic nitrogens is 2. The van der Waals surface area contributed by atoms with Crippen molar-refractivity contribution in [2.24, 2.45) is 23.7 Å². The van der Waals surface area contributed by atoms with E-state index < -0.39 is 0 Å². The Labute approximate surface area is 224 Å². The summed E-state index contributed by atoms with van der Waals surface area (Å²) in [4.78, 5) is 25.5. The quantitative estimate of drug-likeness (QED) is 0.384. The van der Waals surface area contributed by atoms with Crippen LogP contribution < -0.4 is 25.6 Å². The van der Waals surface area contributed by atoms with Crippen LogP contribution in [-0.2, 0) is 4.79 Å². The van der Waals surface area contributed by atoms with Gasteiger partial charge in [0.1, 0.15) is 23.2 Å². The van der Waals surface area contributed by atoms with E-state index in [-0.39, 0.29) is 5.91 Å². The van der Waals surface area contributed by atoms with Crippen molar-refractivity contribution in [2.45, 2.75) is 25.3 Å². The highest BCUT2D eigenvalue weighted by Crippen LogP contribution is 2.66. The zero-order valence-electron chi connectivity index (χ0n) is 22.5. The number of hydrogen-bond acceptors (Lipinski definition) is 9. The lowest BCUT2D eigenvalue weighted by atomic mass is 9.95. The first-order valence-electron chi connectivity index (χ1n) is 13.1. The zero-order valence-corrected chi connectivity index (χ0v) is 22.5. The number of carbonyl (C=O) groups excluding carboxylic acids is 1. The molecule has 0 saturated heterocycles. The van der Waals surface area contributed by atoms with Gasteiger partial charge in [-0.1, -0.05) is 6.58 Å². The molecule has 38 heavy (non-hydrogen) atoms. The number of rotatable bonds is 11. The maximum Gasteiger partial charge on any atom is 0.247 e. The predicted octanol–water partition coefficient (Wildman–Crippen LogP) is 3.68. The molecule has 5 atom stereocenters. The monoisotopic (exact) mass is 516 g/mol. The largest absolute Gasteiger partial charge is 0.494 e. The van der Waals surface area contributed by atoms with E-state index >= 15 is 0 Å². The van der Waals surface area contributed by atoms with Crippen LogP contribution in [0.25, 0.3) is 0 Å². The van der Waals surface area contributed by atoms with Crippen LogP contribution >= 0.6 is 0 Å². The fourth-order valence-electron chi connectivity index (χ4n) is 6.21. The zero-order chi connectivity index (χ0) is 27.0. The lowest BCUT2D eigenvalue weighted by molar-refractivity contribution is -0.111. The van der Waals surface area contributed by atoms with E-state index in [1.807, 2.05) is 27.2 Å². The summed E-state index contributed by atoms with van der Waals surface area (Å²) in [7, 11) is 7.60. The molecule has 10 heteroatoms. The van der Waals surface area contributed by atoms with E-state index in [2.05, 4.69) is 48.4 Å². The second-order valence-electron chi connectivity index (χ2n) is 10.9. The molecule has 2 aromatic rings. The van der Waals surface area contributed by atoms with Crippen molar-refractivity contribution in [1.82, 2.24) is 14.9 Å². The van der Waals surface area contributed by atoms with Crippen molar-refractivity contribution in [3.8, 4) is 11.8 Å². The third-order valence-corrected chi connectivity index (χ3v) is 8.23. The molecular formula is C28H36N8O2. The van der Waals surface area contributed by atoms with Gasteiger partial charge in [0.15, 0.2) is 0 Å². The van der Waals surface area contributed by atoms with E-state index in [4.69, 9.17) is 4.74 Å². The predicted molar refractivity (Wildman–Crippen MR) is 149 cm³/mol. The second kappa shape index (κ2) is 10.5. The minimum Gasteiger partial charge on any atom is -0.494 e. The van der Waals surface area contributed by atoms with E-state index in [9.17, 15) is 10.1 Å². The van der Waals surface area contributed by atoms with E-state index in [1.165, 1.54) is 18.9 Å². The smallest absolute Gasteiger partial charge is 0.247 e. The minimum absolute atomic E-state index is 0.312. The Hall–Kier alpha value is -3.84. The Bertz CT molecular complexity index is 1270. The fourth-order valence-corrected chi connectivity index (χ4v) is 6.21. The number of nitrogens with zero attached hydrogens (tertiary/aromatic N) is 5. The molecule has 3 aliphatic rings. The molecular weight excluding hydrogens is 480 g/mol. The fraction of sp³-hybridized carbons (Fsp3) is 0.500. The van der Waals surface area contributed by atoms with Gasteiger partial charge in [-0.25, -0.2) is 4.98 Å². The molecule has 3 aliphatic carbocycles. The van der Waals surface area contributed by atoms with Gasteiger partial charge in [0, 0.05) is 32.2 Å². The SMILES string of the molecule is C=CC(=O)Nc1cc(Nc2ncc(C#N)c(NC3CC4CC3C3CC43)n2)c(OC)cc1N(C)CCN(C)C. The number of carbonyl (C=O) groups is 1. The first-order chi connectivity index (χ1) is 18.3. The van der Waals surface area contributed by atoms with E-state index in [0.29, 0.717) is 46.4 Å². The number of hydrogen-bond donors (Lipinski definition) is 3. The molecule has 3 fully saturated rings. The van der Waals surface area contributed by atoms with Gasteiger partial charge in [-0.05, 0) is 69.2 Å². The van der Waals surface area contributed by atoms with Gasteiger partial charge in [-0.3, -0.25) is 4.79 Å². The Morgan fingerprint density at radius 3 is 2.66 bits per heavy atom. The van der Waals surface area contributed by atoms with Gasteiger partial charge in [-0.15, -0.1) is 0 Å². The third kappa shape index (κ3) is 5.11. The number of ether oxygens (including phenoxy) is 1. The molecule has 0 aliphatic heterocycles. The number of nitrogens with one attached hydrogen (secondary N) is 3. The highest BCUT2D eigenvalue weighted by atomic mass is 16.5. The van der Waals surface area contributed by atoms with Crippen LogP contribution in [0.1, 0.15) is 24.8 Å². The summed E-state index contributed by atoms with van der Waals surface area (Å²) in [5, 5.41) is 19.4. The Morgan fingerprint density at radius 1 is 1.18 bits per heavy atom. The average Bonchev–Trinajstić information content (AvgIpc) is 3.52. The van der Waals surface area contributed by atoms with Crippen molar-refractivity contribution in [3.05, 3.63) is 36.5 Å². The summed E-state index contributed by atoms with van der Waals surface area (Å²) in [6.07, 6.45) is 6.58. The van der Waals surface area contributed by atoms with Gasteiger partial charge < -0.3 is 30.5 Å². The normalized spacial score (nSPS) is 24.4. The van der Waals surface area contributed by atoms with E-state index in [0.717, 1.165) is 43.0 Å². The summed E-state index contributed by atoms with van der Waals surface area (Å²) >= 11 is 0. The molecule has 1 aromatic carbocycles. The average molecular weight is 517 g/mol. The highest BCUT2D eigenvalue weighted by molar-refractivity contribution is 6.02.